The number of aliphatic hydroxyl groups is 1. The molecule has 1 aromatic heterocycles. The van der Waals surface area contributed by atoms with Crippen LogP contribution in [0, 0.1) is 0 Å². The van der Waals surface area contributed by atoms with E-state index in [1.165, 1.54) is 13.8 Å². The van der Waals surface area contributed by atoms with Crippen molar-refractivity contribution in [1.82, 2.24) is 74.1 Å². The van der Waals surface area contributed by atoms with E-state index in [1.807, 2.05) is 36.4 Å². The maximum Gasteiger partial charge on any atom is 0.246 e. The molecule has 25 N–H and O–H groups in total. The lowest BCUT2D eigenvalue weighted by molar-refractivity contribution is -0.138. The Morgan fingerprint density at radius 1 is 0.555 bits per heavy atom. The van der Waals surface area contributed by atoms with Gasteiger partial charge in [-0.05, 0) is 128 Å². The predicted molar refractivity (Wildman–Crippen MR) is 441 cm³/mol. The van der Waals surface area contributed by atoms with Gasteiger partial charge in [-0.1, -0.05) is 103 Å². The highest BCUT2D eigenvalue weighted by Crippen LogP contribution is 2.24. The number of rotatable bonds is 38. The van der Waals surface area contributed by atoms with Crippen LogP contribution >= 0.6 is 11.8 Å². The summed E-state index contributed by atoms with van der Waals surface area (Å²) in [6.07, 6.45) is -3.49. The lowest BCUT2D eigenvalue weighted by Gasteiger charge is -2.34. The molecule has 7 rings (SSSR count). The SMILES string of the molecule is CC(=O)NCCCC[C@H](NC(=O)[C@](C)(CCCCN)NC(=O)[C@H](Cc1ccc2ccccc2c1)NC(=O)[C@H](Cc1ccc2ccccc2c1)NC(=O)[C@@H]1CSCC[C@H](NC(C)=O)C(=O)N[C@@H](CCC(N)=O)C(=O)N[C@@H]([C@@H](C)O)C(=O)N[C@@H](Cc2c[nH]c3ccccc23)C(=O)N[C@@H](CCC(N)=O)C(=O)N1)C(=O)N[C@@H](CC(N)=O)C(=O)NCC(N)=O. The van der Waals surface area contributed by atoms with Crippen LogP contribution < -0.4 is 97.8 Å². The van der Waals surface area contributed by atoms with E-state index in [4.69, 9.17) is 28.7 Å². The Morgan fingerprint density at radius 2 is 1.11 bits per heavy atom. The van der Waals surface area contributed by atoms with Crippen LogP contribution in [0.15, 0.2) is 115 Å². The van der Waals surface area contributed by atoms with Gasteiger partial charge in [0.15, 0.2) is 0 Å². The molecule has 1 aliphatic heterocycles. The molecule has 6 aromatic rings. The van der Waals surface area contributed by atoms with E-state index in [9.17, 15) is 57.8 Å². The third-order valence-electron chi connectivity index (χ3n) is 19.8. The van der Waals surface area contributed by atoms with Crippen LogP contribution in [0.5, 0.6) is 0 Å². The van der Waals surface area contributed by atoms with Gasteiger partial charge in [0.1, 0.15) is 66.0 Å². The maximum atomic E-state index is 15.9. The first-order chi connectivity index (χ1) is 56.6. The maximum absolute atomic E-state index is 15.9. The number of fused-ring (bicyclic) bond motifs is 3. The van der Waals surface area contributed by atoms with Gasteiger partial charge in [0.2, 0.25) is 100 Å². The van der Waals surface area contributed by atoms with Crippen molar-refractivity contribution in [2.75, 3.05) is 31.1 Å². The average molecular weight is 1670 g/mol. The van der Waals surface area contributed by atoms with Gasteiger partial charge in [0, 0.05) is 75.3 Å². The van der Waals surface area contributed by atoms with Crippen molar-refractivity contribution in [3.05, 3.63) is 132 Å². The van der Waals surface area contributed by atoms with Gasteiger partial charge < -0.3 is 108 Å². The smallest absolute Gasteiger partial charge is 0.246 e. The highest BCUT2D eigenvalue weighted by Gasteiger charge is 2.42. The van der Waals surface area contributed by atoms with Crippen molar-refractivity contribution in [2.45, 2.75) is 196 Å². The van der Waals surface area contributed by atoms with Gasteiger partial charge in [-0.2, -0.15) is 11.8 Å². The Morgan fingerprint density at radius 3 is 1.69 bits per heavy atom. The number of primary amides is 4. The van der Waals surface area contributed by atoms with Crippen LogP contribution in [0.1, 0.15) is 121 Å². The summed E-state index contributed by atoms with van der Waals surface area (Å²) in [7, 11) is 0. The highest BCUT2D eigenvalue weighted by atomic mass is 32.2. The minimum Gasteiger partial charge on any atom is -0.391 e. The quantitative estimate of drug-likeness (QED) is 0.0174. The predicted octanol–water partition coefficient (Wildman–Crippen LogP) is -2.79. The first-order valence-electron chi connectivity index (χ1n) is 39.0. The number of nitrogens with one attached hydrogen (secondary N) is 14. The van der Waals surface area contributed by atoms with Crippen LogP contribution in [0.2, 0.25) is 0 Å². The van der Waals surface area contributed by atoms with Crippen molar-refractivity contribution in [3.63, 3.8) is 0 Å². The number of carbonyl (C=O) groups is 17. The molecule has 5 aromatic carbocycles. The van der Waals surface area contributed by atoms with E-state index in [-0.39, 0.29) is 82.5 Å². The lowest BCUT2D eigenvalue weighted by Crippen LogP contribution is -2.64. The molecule has 37 nitrogen and oxygen atoms in total. The molecule has 1 saturated heterocycles. The molecule has 38 heteroatoms. The number of aromatic amines is 1. The van der Waals surface area contributed by atoms with Crippen LogP contribution in [0.4, 0.5) is 0 Å². The molecule has 2 heterocycles. The van der Waals surface area contributed by atoms with Crippen molar-refractivity contribution in [2.24, 2.45) is 28.7 Å². The zero-order chi connectivity index (χ0) is 87.0. The van der Waals surface area contributed by atoms with E-state index < -0.39 is 211 Å². The fourth-order valence-corrected chi connectivity index (χ4v) is 14.4. The van der Waals surface area contributed by atoms with E-state index in [1.54, 1.807) is 79.0 Å². The molecule has 0 saturated carbocycles. The molecule has 0 spiro atoms. The van der Waals surface area contributed by atoms with Crippen molar-refractivity contribution in [1.29, 1.82) is 0 Å². The van der Waals surface area contributed by atoms with Crippen LogP contribution in [0.25, 0.3) is 32.4 Å². The monoisotopic (exact) mass is 1670 g/mol. The number of unbranched alkanes of at least 4 members (excludes halogenated alkanes) is 2. The Bertz CT molecular complexity index is 4700. The molecule has 640 valence electrons. The van der Waals surface area contributed by atoms with Gasteiger partial charge in [-0.3, -0.25) is 81.5 Å². The third-order valence-corrected chi connectivity index (χ3v) is 20.9. The summed E-state index contributed by atoms with van der Waals surface area (Å²) in [5.41, 5.74) is 27.9. The van der Waals surface area contributed by atoms with E-state index in [0.29, 0.717) is 39.4 Å². The first kappa shape index (κ1) is 93.6. The summed E-state index contributed by atoms with van der Waals surface area (Å²) in [6, 6.07) is 15.2. The number of aromatic nitrogens is 1. The largest absolute Gasteiger partial charge is 0.391 e. The summed E-state index contributed by atoms with van der Waals surface area (Å²) in [5, 5.41) is 48.5. The Labute approximate surface area is 690 Å². The molecule has 1 fully saturated rings. The minimum absolute atomic E-state index is 0.128. The number of carbonyl (C=O) groups excluding carboxylic acids is 17. The summed E-state index contributed by atoms with van der Waals surface area (Å²) in [5.74, 6) is -16.8. The van der Waals surface area contributed by atoms with E-state index in [2.05, 4.69) is 74.1 Å². The number of para-hydroxylation sites is 1. The van der Waals surface area contributed by atoms with Crippen molar-refractivity contribution in [3.8, 4) is 0 Å². The number of aliphatic hydroxyl groups excluding tert-OH is 1. The van der Waals surface area contributed by atoms with Crippen LogP contribution in [-0.2, 0) is 101 Å². The zero-order valence-electron chi connectivity index (χ0n) is 66.6. The second kappa shape index (κ2) is 45.8. The van der Waals surface area contributed by atoms with E-state index >= 15 is 28.8 Å². The normalized spacial score (nSPS) is 18.8. The first-order valence-corrected chi connectivity index (χ1v) is 40.2. The van der Waals surface area contributed by atoms with Gasteiger partial charge in [0.25, 0.3) is 0 Å². The molecular formula is C81H107N19O18S. The molecule has 1 aliphatic rings. The van der Waals surface area contributed by atoms with Crippen LogP contribution in [-0.4, -0.2) is 214 Å². The van der Waals surface area contributed by atoms with Crippen molar-refractivity contribution < 1.29 is 86.6 Å². The third kappa shape index (κ3) is 29.8. The Balaban J connectivity index is 1.31. The summed E-state index contributed by atoms with van der Waals surface area (Å²) < 4.78 is 0. The van der Waals surface area contributed by atoms with Crippen LogP contribution in [0.3, 0.4) is 0 Å². The second-order valence-electron chi connectivity index (χ2n) is 29.5. The molecule has 17 amide bonds. The standard InChI is InChI=1S/C81H107N19O18S/c1-44(101)69-79(117)96-62(39-53-41-88-55-20-10-9-19-54(53)55)76(114)92-57(26-28-65(83)104)72(110)97-64(43-119-34-30-59(90-46(3)103)73(111)91-58(74(112)99-69)27-29-66(84)105)77(115)93-60(37-47-22-24-49-15-5-7-17-51(49)35-47)75(113)94-61(38-48-23-25-50-16-6-8-18-52(50)36-48)78(116)100-81(4,31-12-13-32-82)80(118)98-56(21-11-14-33-87-45(2)102)71(109)95-63(40-67(85)106)70(108)89-42-68(86)107/h5-10,15-20,22-25,35-36,41,44,56-64,69,88,101H,11-14,21,26-34,37-40,42-43,82H2,1-4H3,(H2,83,104)(H2,84,105)(H2,85,106)(H2,86,107)(H,87,102)(H,89,108)(H,90,103)(H,91,111)(H,92,114)(H,93,115)(H,94,113)(H,95,109)(H,96,117)(H,97,110)(H,98,118)(H,99,112)(H,100,116)/t44-,56+,57+,58+,59+,60+,61+,62+,63+,64+,69+,81+/m1/s1. The number of hydrogen-bond acceptors (Lipinski definition) is 20. The molecule has 0 aliphatic carbocycles. The molecule has 0 unspecified atom stereocenters. The van der Waals surface area contributed by atoms with Gasteiger partial charge in [-0.15, -0.1) is 0 Å². The molecule has 0 bridgehead atoms. The second-order valence-corrected chi connectivity index (χ2v) is 30.7. The van der Waals surface area contributed by atoms with Crippen molar-refractivity contribution >= 4 is 145 Å². The van der Waals surface area contributed by atoms with E-state index in [0.717, 1.165) is 41.8 Å². The molecule has 0 radical (unpaired) electrons. The molecule has 119 heavy (non-hydrogen) atoms. The van der Waals surface area contributed by atoms with Gasteiger partial charge >= 0.3 is 0 Å². The highest BCUT2D eigenvalue weighted by molar-refractivity contribution is 7.99. The topological polar surface area (TPSA) is 613 Å². The van der Waals surface area contributed by atoms with Gasteiger partial charge in [-0.25, -0.2) is 0 Å². The fraction of sp³-hybridized carbons (Fsp3) is 0.444. The number of benzene rings is 5. The van der Waals surface area contributed by atoms with Gasteiger partial charge in [0.05, 0.1) is 19.1 Å². The minimum atomic E-state index is -1.99. The average Bonchev–Trinajstić information content (AvgIpc) is 1.66. The fourth-order valence-electron chi connectivity index (χ4n) is 13.4. The number of thioether (sulfide) groups is 1. The molecular weight excluding hydrogens is 1560 g/mol. The zero-order valence-corrected chi connectivity index (χ0v) is 67.5. The molecule has 12 atom stereocenters. The number of hydrogen-bond donors (Lipinski definition) is 20. The summed E-state index contributed by atoms with van der Waals surface area (Å²) >= 11 is 0.945. The number of H-pyrrole nitrogens is 1. The number of amides is 17. The Kier molecular flexibility index (Phi) is 36.0. The summed E-state index contributed by atoms with van der Waals surface area (Å²) in [4.78, 5) is 240. The Hall–Kier alpha value is -12.6. The lowest BCUT2D eigenvalue weighted by atomic mass is 9.91. The summed E-state index contributed by atoms with van der Waals surface area (Å²) in [6.45, 7) is 4.55. The number of nitrogens with two attached hydrogens (primary N) is 5.